The van der Waals surface area contributed by atoms with Crippen LogP contribution in [0.15, 0.2) is 48.3 Å². The Bertz CT molecular complexity index is 677. The fourth-order valence-electron chi connectivity index (χ4n) is 3.25. The summed E-state index contributed by atoms with van der Waals surface area (Å²) in [6.07, 6.45) is 11.4. The van der Waals surface area contributed by atoms with Crippen LogP contribution in [0.3, 0.4) is 0 Å². The summed E-state index contributed by atoms with van der Waals surface area (Å²) >= 11 is 0. The van der Waals surface area contributed by atoms with Crippen LogP contribution in [-0.4, -0.2) is 12.1 Å². The molecule has 1 fully saturated rings. The quantitative estimate of drug-likeness (QED) is 0.359. The van der Waals surface area contributed by atoms with Gasteiger partial charge in [0, 0.05) is 0 Å². The fraction of sp³-hybridized carbons (Fsp3) is 0.455. The Morgan fingerprint density at radius 3 is 2.58 bits per heavy atom. The second-order valence-electron chi connectivity index (χ2n) is 6.73. The Labute approximate surface area is 155 Å². The number of aryl methyl sites for hydroxylation is 1. The molecule has 0 radical (unpaired) electrons. The first-order valence-electron chi connectivity index (χ1n) is 9.34. The van der Waals surface area contributed by atoms with Crippen LogP contribution in [0.1, 0.15) is 61.4 Å². The second kappa shape index (κ2) is 10.6. The number of hydrogen-bond acceptors (Lipinski definition) is 3. The van der Waals surface area contributed by atoms with Gasteiger partial charge in [0.15, 0.2) is 5.83 Å². The van der Waals surface area contributed by atoms with E-state index in [9.17, 15) is 9.18 Å². The Morgan fingerprint density at radius 1 is 1.27 bits per heavy atom. The molecule has 0 N–H and O–H groups in total. The van der Waals surface area contributed by atoms with Gasteiger partial charge in [0.25, 0.3) is 0 Å². The molecule has 0 unspecified atom stereocenters. The van der Waals surface area contributed by atoms with Gasteiger partial charge < -0.3 is 4.74 Å². The van der Waals surface area contributed by atoms with E-state index in [0.717, 1.165) is 44.9 Å². The number of nitriles is 1. The number of nitrogens with zero attached hydrogens (tertiary/aromatic N) is 1. The lowest BCUT2D eigenvalue weighted by atomic mass is 9.84. The molecule has 0 aromatic heterocycles. The highest BCUT2D eigenvalue weighted by Crippen LogP contribution is 2.30. The third-order valence-corrected chi connectivity index (χ3v) is 4.89. The Balaban J connectivity index is 1.69. The zero-order valence-corrected chi connectivity index (χ0v) is 15.3. The SMILES string of the molecule is CCc1ccc(C(=O)OC2CCC(CCC=CC=C(F)C#N)CC2)cc1. The molecule has 1 aliphatic carbocycles. The molecule has 3 nitrogen and oxygen atoms in total. The monoisotopic (exact) mass is 355 g/mol. The van der Waals surface area contributed by atoms with Crippen LogP contribution < -0.4 is 0 Å². The van der Waals surface area contributed by atoms with Crippen LogP contribution in [0.4, 0.5) is 4.39 Å². The van der Waals surface area contributed by atoms with Crippen molar-refractivity contribution in [3.05, 3.63) is 59.4 Å². The van der Waals surface area contributed by atoms with Crippen molar-refractivity contribution in [3.8, 4) is 6.07 Å². The van der Waals surface area contributed by atoms with Gasteiger partial charge >= 0.3 is 5.97 Å². The van der Waals surface area contributed by atoms with Crippen LogP contribution in [0.5, 0.6) is 0 Å². The third kappa shape index (κ3) is 6.48. The summed E-state index contributed by atoms with van der Waals surface area (Å²) in [4.78, 5) is 12.2. The highest BCUT2D eigenvalue weighted by Gasteiger charge is 2.23. The van der Waals surface area contributed by atoms with E-state index in [1.807, 2.05) is 30.3 Å². The minimum atomic E-state index is -0.770. The first-order valence-corrected chi connectivity index (χ1v) is 9.34. The number of halogens is 1. The van der Waals surface area contributed by atoms with E-state index in [1.165, 1.54) is 17.7 Å². The van der Waals surface area contributed by atoms with Crippen molar-refractivity contribution >= 4 is 5.97 Å². The number of ether oxygens (including phenoxy) is 1. The molecule has 0 saturated heterocycles. The van der Waals surface area contributed by atoms with Gasteiger partial charge in [-0.2, -0.15) is 9.65 Å². The predicted molar refractivity (Wildman–Crippen MR) is 100 cm³/mol. The van der Waals surface area contributed by atoms with Crippen molar-refractivity contribution in [1.29, 1.82) is 5.26 Å². The molecule has 0 aliphatic heterocycles. The molecule has 0 heterocycles. The summed E-state index contributed by atoms with van der Waals surface area (Å²) in [6.45, 7) is 2.09. The first kappa shape index (κ1) is 19.9. The van der Waals surface area contributed by atoms with Crippen LogP contribution in [-0.2, 0) is 11.2 Å². The smallest absolute Gasteiger partial charge is 0.338 e. The average Bonchev–Trinajstić information content (AvgIpc) is 2.68. The molecule has 1 aliphatic rings. The summed E-state index contributed by atoms with van der Waals surface area (Å²) in [7, 11) is 0. The molecule has 0 spiro atoms. The van der Waals surface area contributed by atoms with E-state index < -0.39 is 5.83 Å². The fourth-order valence-corrected chi connectivity index (χ4v) is 3.25. The van der Waals surface area contributed by atoms with Crippen molar-refractivity contribution < 1.29 is 13.9 Å². The lowest BCUT2D eigenvalue weighted by Crippen LogP contribution is -2.24. The molecule has 1 saturated carbocycles. The maximum absolute atomic E-state index is 12.6. The maximum atomic E-state index is 12.6. The maximum Gasteiger partial charge on any atom is 0.338 e. The van der Waals surface area contributed by atoms with E-state index in [2.05, 4.69) is 6.92 Å². The molecule has 0 atom stereocenters. The van der Waals surface area contributed by atoms with Gasteiger partial charge in [-0.15, -0.1) is 0 Å². The Hall–Kier alpha value is -2.41. The summed E-state index contributed by atoms with van der Waals surface area (Å²) < 4.78 is 18.3. The molecule has 1 aromatic rings. The van der Waals surface area contributed by atoms with E-state index in [-0.39, 0.29) is 12.1 Å². The van der Waals surface area contributed by atoms with Crippen LogP contribution in [0.2, 0.25) is 0 Å². The molecule has 26 heavy (non-hydrogen) atoms. The number of carbonyl (C=O) groups excluding carboxylic acids is 1. The summed E-state index contributed by atoms with van der Waals surface area (Å²) in [5.74, 6) is -0.388. The zero-order chi connectivity index (χ0) is 18.8. The van der Waals surface area contributed by atoms with Gasteiger partial charge in [-0.25, -0.2) is 4.79 Å². The van der Waals surface area contributed by atoms with E-state index >= 15 is 0 Å². The van der Waals surface area contributed by atoms with E-state index in [4.69, 9.17) is 10.00 Å². The van der Waals surface area contributed by atoms with Gasteiger partial charge in [-0.1, -0.05) is 31.2 Å². The van der Waals surface area contributed by atoms with Gasteiger partial charge in [-0.3, -0.25) is 0 Å². The molecule has 138 valence electrons. The van der Waals surface area contributed by atoms with Gasteiger partial charge in [0.05, 0.1) is 5.56 Å². The molecular formula is C22H26FNO2. The summed E-state index contributed by atoms with van der Waals surface area (Å²) in [6, 6.07) is 9.06. The zero-order valence-electron chi connectivity index (χ0n) is 15.3. The van der Waals surface area contributed by atoms with Crippen molar-refractivity contribution in [3.63, 3.8) is 0 Å². The Morgan fingerprint density at radius 2 is 1.96 bits per heavy atom. The molecular weight excluding hydrogens is 329 g/mol. The number of benzene rings is 1. The second-order valence-corrected chi connectivity index (χ2v) is 6.73. The number of hydrogen-bond donors (Lipinski definition) is 0. The van der Waals surface area contributed by atoms with Crippen LogP contribution in [0.25, 0.3) is 0 Å². The number of allylic oxidation sites excluding steroid dienone is 4. The first-order chi connectivity index (χ1) is 12.6. The van der Waals surface area contributed by atoms with E-state index in [0.29, 0.717) is 11.5 Å². The van der Waals surface area contributed by atoms with Crippen molar-refractivity contribution in [2.75, 3.05) is 0 Å². The highest BCUT2D eigenvalue weighted by molar-refractivity contribution is 5.89. The molecule has 0 amide bonds. The summed E-state index contributed by atoms with van der Waals surface area (Å²) in [5.41, 5.74) is 1.83. The molecule has 2 rings (SSSR count). The highest BCUT2D eigenvalue weighted by atomic mass is 19.1. The molecule has 4 heteroatoms. The number of rotatable bonds is 7. The third-order valence-electron chi connectivity index (χ3n) is 4.89. The van der Waals surface area contributed by atoms with Gasteiger partial charge in [-0.05, 0) is 74.6 Å². The Kier molecular flexibility index (Phi) is 8.08. The predicted octanol–water partition coefficient (Wildman–Crippen LogP) is 5.68. The minimum absolute atomic E-state index is 0.00722. The lowest BCUT2D eigenvalue weighted by molar-refractivity contribution is 0.0162. The van der Waals surface area contributed by atoms with Crippen molar-refractivity contribution in [2.45, 2.75) is 58.0 Å². The number of carbonyl (C=O) groups is 1. The number of esters is 1. The largest absolute Gasteiger partial charge is 0.459 e. The average molecular weight is 355 g/mol. The molecule has 1 aromatic carbocycles. The van der Waals surface area contributed by atoms with E-state index in [1.54, 1.807) is 6.08 Å². The topological polar surface area (TPSA) is 50.1 Å². The standard InChI is InChI=1S/C22H26FNO2/c1-2-17-8-12-19(13-9-17)22(25)26-21-14-10-18(11-15-21)6-4-3-5-7-20(23)16-24/h3,5,7-9,12-13,18,21H,2,4,6,10-11,14-15H2,1H3. The van der Waals surface area contributed by atoms with Crippen LogP contribution in [0, 0.1) is 17.2 Å². The summed E-state index contributed by atoms with van der Waals surface area (Å²) in [5, 5.41) is 8.32. The minimum Gasteiger partial charge on any atom is -0.459 e. The normalized spacial score (nSPS) is 20.7. The van der Waals surface area contributed by atoms with Gasteiger partial charge in [0.1, 0.15) is 12.2 Å². The molecule has 0 bridgehead atoms. The lowest BCUT2D eigenvalue weighted by Gasteiger charge is -2.28. The van der Waals surface area contributed by atoms with Crippen molar-refractivity contribution in [1.82, 2.24) is 0 Å². The van der Waals surface area contributed by atoms with Gasteiger partial charge in [0.2, 0.25) is 0 Å². The van der Waals surface area contributed by atoms with Crippen molar-refractivity contribution in [2.24, 2.45) is 5.92 Å². The van der Waals surface area contributed by atoms with Crippen LogP contribution >= 0.6 is 0 Å².